The summed E-state index contributed by atoms with van der Waals surface area (Å²) in [7, 11) is 0. The minimum absolute atomic E-state index is 0.0841. The van der Waals surface area contributed by atoms with Gasteiger partial charge in [0.1, 0.15) is 16.7 Å². The zero-order valence-corrected chi connectivity index (χ0v) is 16.0. The highest BCUT2D eigenvalue weighted by Gasteiger charge is 2.43. The molecule has 0 saturated carbocycles. The number of hydrogen-bond acceptors (Lipinski definition) is 5. The Morgan fingerprint density at radius 2 is 1.52 bits per heavy atom. The predicted octanol–water partition coefficient (Wildman–Crippen LogP) is 2.76. The van der Waals surface area contributed by atoms with Crippen LogP contribution in [-0.4, -0.2) is 58.0 Å². The Bertz CT molecular complexity index is 520. The second kappa shape index (κ2) is 7.49. The average molecular weight is 358 g/mol. The van der Waals surface area contributed by atoms with Crippen LogP contribution in [0.1, 0.15) is 60.8 Å². The standard InChI is InChI=1S/C17H30N2O6/c1-15(2,3)24-13(22)18-17(12(20)21)8-7-10-19(11-9-17)14(23)25-16(4,5)6/h7-11H2,1-6H3,(H,18,22)(H,20,21). The number of aliphatic carboxylic acids is 1. The molecule has 0 aromatic carbocycles. The first-order valence-corrected chi connectivity index (χ1v) is 8.47. The van der Waals surface area contributed by atoms with Crippen LogP contribution in [-0.2, 0) is 14.3 Å². The molecule has 1 aliphatic rings. The Morgan fingerprint density at radius 3 is 2.00 bits per heavy atom. The summed E-state index contributed by atoms with van der Waals surface area (Å²) in [6, 6.07) is 0. The number of carbonyl (C=O) groups excluding carboxylic acids is 2. The molecular weight excluding hydrogens is 328 g/mol. The maximum Gasteiger partial charge on any atom is 0.410 e. The van der Waals surface area contributed by atoms with Crippen molar-refractivity contribution in [2.45, 2.75) is 77.5 Å². The molecule has 1 heterocycles. The first-order chi connectivity index (χ1) is 11.2. The third-order valence-corrected chi connectivity index (χ3v) is 3.64. The highest BCUT2D eigenvalue weighted by atomic mass is 16.6. The third kappa shape index (κ3) is 6.80. The number of ether oxygens (including phenoxy) is 2. The summed E-state index contributed by atoms with van der Waals surface area (Å²) in [6.07, 6.45) is -0.533. The van der Waals surface area contributed by atoms with Crippen LogP contribution in [0.4, 0.5) is 9.59 Å². The highest BCUT2D eigenvalue weighted by Crippen LogP contribution is 2.25. The topological polar surface area (TPSA) is 105 Å². The molecule has 0 bridgehead atoms. The van der Waals surface area contributed by atoms with Crippen LogP contribution < -0.4 is 5.32 Å². The van der Waals surface area contributed by atoms with E-state index in [0.29, 0.717) is 13.0 Å². The van der Waals surface area contributed by atoms with E-state index >= 15 is 0 Å². The molecule has 1 fully saturated rings. The van der Waals surface area contributed by atoms with Crippen molar-refractivity contribution in [3.8, 4) is 0 Å². The van der Waals surface area contributed by atoms with Crippen LogP contribution in [0.25, 0.3) is 0 Å². The van der Waals surface area contributed by atoms with Crippen LogP contribution >= 0.6 is 0 Å². The molecule has 25 heavy (non-hydrogen) atoms. The minimum atomic E-state index is -1.46. The largest absolute Gasteiger partial charge is 0.480 e. The molecule has 1 atom stereocenters. The summed E-state index contributed by atoms with van der Waals surface area (Å²) in [4.78, 5) is 37.6. The molecule has 2 N–H and O–H groups in total. The van der Waals surface area contributed by atoms with E-state index in [9.17, 15) is 19.5 Å². The van der Waals surface area contributed by atoms with Crippen LogP contribution in [0, 0.1) is 0 Å². The van der Waals surface area contributed by atoms with Gasteiger partial charge in [-0.3, -0.25) is 0 Å². The van der Waals surface area contributed by atoms with Gasteiger partial charge in [-0.15, -0.1) is 0 Å². The van der Waals surface area contributed by atoms with Gasteiger partial charge in [-0.2, -0.15) is 0 Å². The normalized spacial score (nSPS) is 21.9. The lowest BCUT2D eigenvalue weighted by Crippen LogP contribution is -2.56. The smallest absolute Gasteiger partial charge is 0.410 e. The molecule has 1 aliphatic heterocycles. The number of nitrogens with zero attached hydrogens (tertiary/aromatic N) is 1. The number of carbonyl (C=O) groups is 3. The molecule has 0 aromatic heterocycles. The van der Waals surface area contributed by atoms with E-state index < -0.39 is 34.9 Å². The van der Waals surface area contributed by atoms with Crippen LogP contribution in [0.3, 0.4) is 0 Å². The molecule has 0 spiro atoms. The van der Waals surface area contributed by atoms with Gasteiger partial charge in [0.2, 0.25) is 0 Å². The summed E-state index contributed by atoms with van der Waals surface area (Å²) in [5.74, 6) is -1.13. The van der Waals surface area contributed by atoms with Crippen molar-refractivity contribution in [2.75, 3.05) is 13.1 Å². The number of amides is 2. The molecular formula is C17H30N2O6. The van der Waals surface area contributed by atoms with Crippen molar-refractivity contribution in [2.24, 2.45) is 0 Å². The first-order valence-electron chi connectivity index (χ1n) is 8.47. The number of hydrogen-bond donors (Lipinski definition) is 2. The van der Waals surface area contributed by atoms with Crippen LogP contribution in [0.15, 0.2) is 0 Å². The second-order valence-corrected chi connectivity index (χ2v) is 8.34. The third-order valence-electron chi connectivity index (χ3n) is 3.64. The lowest BCUT2D eigenvalue weighted by atomic mass is 9.91. The Labute approximate surface area is 148 Å². The molecule has 0 radical (unpaired) electrons. The van der Waals surface area contributed by atoms with E-state index in [1.165, 1.54) is 4.90 Å². The number of rotatable bonds is 2. The summed E-state index contributed by atoms with van der Waals surface area (Å²) < 4.78 is 10.5. The summed E-state index contributed by atoms with van der Waals surface area (Å²) in [5, 5.41) is 12.2. The number of alkyl carbamates (subject to hydrolysis) is 1. The molecule has 1 rings (SSSR count). The van der Waals surface area contributed by atoms with Crippen LogP contribution in [0.2, 0.25) is 0 Å². The van der Waals surface area contributed by atoms with Gasteiger partial charge in [-0.25, -0.2) is 14.4 Å². The maximum atomic E-state index is 12.2. The number of nitrogens with one attached hydrogen (secondary N) is 1. The van der Waals surface area contributed by atoms with E-state index in [1.54, 1.807) is 41.5 Å². The van der Waals surface area contributed by atoms with Gasteiger partial charge in [0.25, 0.3) is 0 Å². The van der Waals surface area contributed by atoms with E-state index in [4.69, 9.17) is 9.47 Å². The lowest BCUT2D eigenvalue weighted by Gasteiger charge is -2.31. The van der Waals surface area contributed by atoms with Gasteiger partial charge in [0, 0.05) is 13.1 Å². The predicted molar refractivity (Wildman–Crippen MR) is 91.4 cm³/mol. The molecule has 8 nitrogen and oxygen atoms in total. The van der Waals surface area contributed by atoms with Crippen molar-refractivity contribution < 1.29 is 29.0 Å². The molecule has 1 unspecified atom stereocenters. The Hall–Kier alpha value is -1.99. The SMILES string of the molecule is CC(C)(C)OC(=O)NC1(C(=O)O)CCCN(C(=O)OC(C)(C)C)CC1. The first kappa shape index (κ1) is 21.1. The van der Waals surface area contributed by atoms with Crippen molar-refractivity contribution in [1.82, 2.24) is 10.2 Å². The summed E-state index contributed by atoms with van der Waals surface area (Å²) >= 11 is 0. The van der Waals surface area contributed by atoms with Gasteiger partial charge in [-0.05, 0) is 60.8 Å². The zero-order valence-electron chi connectivity index (χ0n) is 16.0. The van der Waals surface area contributed by atoms with E-state index in [-0.39, 0.29) is 19.4 Å². The van der Waals surface area contributed by atoms with Crippen molar-refractivity contribution in [1.29, 1.82) is 0 Å². The monoisotopic (exact) mass is 358 g/mol. The van der Waals surface area contributed by atoms with Gasteiger partial charge in [0.05, 0.1) is 0 Å². The van der Waals surface area contributed by atoms with Crippen LogP contribution in [0.5, 0.6) is 0 Å². The minimum Gasteiger partial charge on any atom is -0.480 e. The number of carboxylic acids is 1. The molecule has 8 heteroatoms. The fourth-order valence-corrected chi connectivity index (χ4v) is 2.53. The fraction of sp³-hybridized carbons (Fsp3) is 0.824. The highest BCUT2D eigenvalue weighted by molar-refractivity contribution is 5.84. The molecule has 0 aromatic rings. The van der Waals surface area contributed by atoms with Gasteiger partial charge in [0.15, 0.2) is 0 Å². The van der Waals surface area contributed by atoms with Gasteiger partial charge in [-0.1, -0.05) is 0 Å². The average Bonchev–Trinajstić information content (AvgIpc) is 2.58. The Morgan fingerprint density at radius 1 is 0.960 bits per heavy atom. The Balaban J connectivity index is 2.82. The molecule has 144 valence electrons. The lowest BCUT2D eigenvalue weighted by molar-refractivity contribution is -0.145. The van der Waals surface area contributed by atoms with E-state index in [1.807, 2.05) is 0 Å². The fourth-order valence-electron chi connectivity index (χ4n) is 2.53. The Kier molecular flexibility index (Phi) is 6.31. The van der Waals surface area contributed by atoms with E-state index in [0.717, 1.165) is 0 Å². The quantitative estimate of drug-likeness (QED) is 0.786. The molecule has 2 amide bonds. The van der Waals surface area contributed by atoms with Gasteiger partial charge < -0.3 is 24.8 Å². The van der Waals surface area contributed by atoms with E-state index in [2.05, 4.69) is 5.32 Å². The summed E-state index contributed by atoms with van der Waals surface area (Å²) in [6.45, 7) is 11.0. The summed E-state index contributed by atoms with van der Waals surface area (Å²) in [5.41, 5.74) is -2.81. The zero-order chi connectivity index (χ0) is 19.5. The second-order valence-electron chi connectivity index (χ2n) is 8.34. The molecule has 0 aliphatic carbocycles. The number of carboxylic acid groups (broad SMARTS) is 1. The van der Waals surface area contributed by atoms with Crippen molar-refractivity contribution in [3.63, 3.8) is 0 Å². The molecule has 1 saturated heterocycles. The van der Waals surface area contributed by atoms with Crippen molar-refractivity contribution >= 4 is 18.2 Å². The van der Waals surface area contributed by atoms with Crippen molar-refractivity contribution in [3.05, 3.63) is 0 Å². The maximum absolute atomic E-state index is 12.2. The number of likely N-dealkylation sites (tertiary alicyclic amines) is 1. The van der Waals surface area contributed by atoms with Gasteiger partial charge >= 0.3 is 18.2 Å².